The first-order valence-electron chi connectivity index (χ1n) is 7.60. The van der Waals surface area contributed by atoms with E-state index >= 15 is 0 Å². The molecule has 5 heteroatoms. The number of benzene rings is 1. The largest absolute Gasteiger partial charge is 0.387 e. The third-order valence-electron chi connectivity index (χ3n) is 4.26. The van der Waals surface area contributed by atoms with Crippen LogP contribution in [0.5, 0.6) is 0 Å². The fraction of sp³-hybridized carbons (Fsp3) is 0.333. The average molecular weight is 315 g/mol. The van der Waals surface area contributed by atoms with Gasteiger partial charge in [-0.05, 0) is 48.2 Å². The Labute approximate surface area is 134 Å². The van der Waals surface area contributed by atoms with Crippen LogP contribution in [0.15, 0.2) is 41.5 Å². The zero-order chi connectivity index (χ0) is 16.6. The van der Waals surface area contributed by atoms with Gasteiger partial charge in [0, 0.05) is 25.0 Å². The SMILES string of the molecule is Cc1ccc(-c2ccnc(N=C(N)CC3CC3(F)F)c2)cc1C. The highest BCUT2D eigenvalue weighted by Gasteiger charge is 2.56. The number of hydrogen-bond acceptors (Lipinski definition) is 2. The number of hydrogen-bond donors (Lipinski definition) is 1. The number of halogens is 2. The van der Waals surface area contributed by atoms with Gasteiger partial charge in [0.05, 0.1) is 0 Å². The molecule has 2 N–H and O–H groups in total. The molecule has 120 valence electrons. The van der Waals surface area contributed by atoms with E-state index in [0.29, 0.717) is 5.82 Å². The highest BCUT2D eigenvalue weighted by molar-refractivity contribution is 5.83. The Hall–Kier alpha value is -2.30. The van der Waals surface area contributed by atoms with Gasteiger partial charge in [0.2, 0.25) is 0 Å². The monoisotopic (exact) mass is 315 g/mol. The Morgan fingerprint density at radius 1 is 1.22 bits per heavy atom. The Bertz CT molecular complexity index is 769. The summed E-state index contributed by atoms with van der Waals surface area (Å²) < 4.78 is 25.9. The molecule has 0 amide bonds. The summed E-state index contributed by atoms with van der Waals surface area (Å²) in [6.45, 7) is 4.13. The third kappa shape index (κ3) is 3.55. The Morgan fingerprint density at radius 3 is 2.57 bits per heavy atom. The third-order valence-corrected chi connectivity index (χ3v) is 4.26. The minimum Gasteiger partial charge on any atom is -0.387 e. The summed E-state index contributed by atoms with van der Waals surface area (Å²) in [7, 11) is 0. The van der Waals surface area contributed by atoms with Gasteiger partial charge in [-0.15, -0.1) is 0 Å². The molecule has 1 fully saturated rings. The molecule has 3 nitrogen and oxygen atoms in total. The predicted octanol–water partition coefficient (Wildman–Crippen LogP) is 4.40. The molecule has 1 aromatic heterocycles. The molecule has 1 heterocycles. The first kappa shape index (κ1) is 15.6. The summed E-state index contributed by atoms with van der Waals surface area (Å²) in [5, 5.41) is 0. The van der Waals surface area contributed by atoms with Crippen molar-refractivity contribution in [2.75, 3.05) is 0 Å². The fourth-order valence-electron chi connectivity index (χ4n) is 2.52. The van der Waals surface area contributed by atoms with Crippen molar-refractivity contribution in [1.82, 2.24) is 4.98 Å². The maximum absolute atomic E-state index is 12.9. The summed E-state index contributed by atoms with van der Waals surface area (Å²) in [5.74, 6) is -2.59. The molecule has 1 aliphatic rings. The van der Waals surface area contributed by atoms with Gasteiger partial charge in [-0.2, -0.15) is 0 Å². The van der Waals surface area contributed by atoms with Gasteiger partial charge in [-0.25, -0.2) is 18.8 Å². The molecule has 1 saturated carbocycles. The minimum atomic E-state index is -2.57. The van der Waals surface area contributed by atoms with Gasteiger partial charge in [-0.1, -0.05) is 18.2 Å². The topological polar surface area (TPSA) is 51.3 Å². The molecule has 3 rings (SSSR count). The van der Waals surface area contributed by atoms with Gasteiger partial charge in [-0.3, -0.25) is 0 Å². The summed E-state index contributed by atoms with van der Waals surface area (Å²) in [6, 6.07) is 9.93. The van der Waals surface area contributed by atoms with Crippen LogP contribution in [0.1, 0.15) is 24.0 Å². The second-order valence-electron chi connectivity index (χ2n) is 6.17. The Kier molecular flexibility index (Phi) is 3.88. The summed E-state index contributed by atoms with van der Waals surface area (Å²) in [5.41, 5.74) is 10.3. The molecule has 23 heavy (non-hydrogen) atoms. The maximum atomic E-state index is 12.9. The van der Waals surface area contributed by atoms with Crippen molar-refractivity contribution in [3.05, 3.63) is 47.7 Å². The van der Waals surface area contributed by atoms with Crippen molar-refractivity contribution >= 4 is 11.7 Å². The number of aliphatic imine (C=N–C) groups is 1. The number of alkyl halides is 2. The zero-order valence-corrected chi connectivity index (χ0v) is 13.2. The molecule has 0 aliphatic heterocycles. The van der Waals surface area contributed by atoms with Crippen molar-refractivity contribution < 1.29 is 8.78 Å². The van der Waals surface area contributed by atoms with Gasteiger partial charge < -0.3 is 5.73 Å². The number of aryl methyl sites for hydroxylation is 2. The molecule has 1 unspecified atom stereocenters. The molecular formula is C18H19F2N3. The van der Waals surface area contributed by atoms with Crippen LogP contribution in [0.4, 0.5) is 14.6 Å². The standard InChI is InChI=1S/C18H19F2N3/c1-11-3-4-13(7-12(11)2)14-5-6-22-17(8-14)23-16(21)9-15-10-18(15,19)20/h3-8,15H,9-10H2,1-2H3,(H2,21,22,23). The highest BCUT2D eigenvalue weighted by atomic mass is 19.3. The lowest BCUT2D eigenvalue weighted by atomic mass is 10.0. The quantitative estimate of drug-likeness (QED) is 0.671. The van der Waals surface area contributed by atoms with Crippen LogP contribution < -0.4 is 5.73 Å². The van der Waals surface area contributed by atoms with Crippen molar-refractivity contribution in [2.45, 2.75) is 32.6 Å². The fourth-order valence-corrected chi connectivity index (χ4v) is 2.52. The van der Waals surface area contributed by atoms with E-state index in [2.05, 4.69) is 36.0 Å². The van der Waals surface area contributed by atoms with Crippen LogP contribution in [0.3, 0.4) is 0 Å². The predicted molar refractivity (Wildman–Crippen MR) is 88.1 cm³/mol. The molecule has 0 spiro atoms. The summed E-state index contributed by atoms with van der Waals surface area (Å²) in [6.07, 6.45) is 1.67. The highest BCUT2D eigenvalue weighted by Crippen LogP contribution is 2.50. The van der Waals surface area contributed by atoms with Gasteiger partial charge >= 0.3 is 0 Å². The molecule has 1 atom stereocenters. The number of nitrogens with two attached hydrogens (primary N) is 1. The van der Waals surface area contributed by atoms with Crippen molar-refractivity contribution in [3.8, 4) is 11.1 Å². The van der Waals surface area contributed by atoms with E-state index in [1.165, 1.54) is 11.1 Å². The van der Waals surface area contributed by atoms with Crippen LogP contribution in [-0.4, -0.2) is 16.7 Å². The lowest BCUT2D eigenvalue weighted by Gasteiger charge is -2.06. The number of rotatable bonds is 4. The second kappa shape index (κ2) is 5.72. The van der Waals surface area contributed by atoms with Crippen molar-refractivity contribution in [3.63, 3.8) is 0 Å². The second-order valence-corrected chi connectivity index (χ2v) is 6.17. The molecule has 2 aromatic rings. The maximum Gasteiger partial charge on any atom is 0.252 e. The van der Waals surface area contributed by atoms with Crippen molar-refractivity contribution in [1.29, 1.82) is 0 Å². The van der Waals surface area contributed by atoms with Gasteiger partial charge in [0.25, 0.3) is 5.92 Å². The number of amidine groups is 1. The van der Waals surface area contributed by atoms with Crippen LogP contribution in [0.2, 0.25) is 0 Å². The lowest BCUT2D eigenvalue weighted by Crippen LogP contribution is -2.13. The van der Waals surface area contributed by atoms with Crippen molar-refractivity contribution in [2.24, 2.45) is 16.6 Å². The van der Waals surface area contributed by atoms with Gasteiger partial charge in [0.15, 0.2) is 5.82 Å². The van der Waals surface area contributed by atoms with E-state index in [0.717, 1.165) is 11.1 Å². The summed E-state index contributed by atoms with van der Waals surface area (Å²) in [4.78, 5) is 8.33. The molecule has 1 aromatic carbocycles. The molecular weight excluding hydrogens is 296 g/mol. The molecule has 0 radical (unpaired) electrons. The summed E-state index contributed by atoms with van der Waals surface area (Å²) >= 11 is 0. The minimum absolute atomic E-state index is 0.0979. The average Bonchev–Trinajstić information content (AvgIpc) is 3.08. The lowest BCUT2D eigenvalue weighted by molar-refractivity contribution is 0.100. The van der Waals surface area contributed by atoms with Crippen LogP contribution in [0.25, 0.3) is 11.1 Å². The van der Waals surface area contributed by atoms with Crippen LogP contribution >= 0.6 is 0 Å². The Balaban J connectivity index is 1.80. The normalized spacial score (nSPS) is 19.7. The molecule has 1 aliphatic carbocycles. The van der Waals surface area contributed by atoms with E-state index < -0.39 is 11.8 Å². The zero-order valence-electron chi connectivity index (χ0n) is 13.2. The van der Waals surface area contributed by atoms with Gasteiger partial charge in [0.1, 0.15) is 5.84 Å². The number of nitrogens with zero attached hydrogens (tertiary/aromatic N) is 2. The van der Waals surface area contributed by atoms with Crippen LogP contribution in [0, 0.1) is 19.8 Å². The first-order chi connectivity index (χ1) is 10.8. The van der Waals surface area contributed by atoms with E-state index in [9.17, 15) is 8.78 Å². The van der Waals surface area contributed by atoms with E-state index in [1.807, 2.05) is 18.2 Å². The van der Waals surface area contributed by atoms with E-state index in [1.54, 1.807) is 6.20 Å². The number of pyridine rings is 1. The first-order valence-corrected chi connectivity index (χ1v) is 7.60. The Morgan fingerprint density at radius 2 is 1.91 bits per heavy atom. The molecule has 0 bridgehead atoms. The smallest absolute Gasteiger partial charge is 0.252 e. The number of aromatic nitrogens is 1. The molecule has 0 saturated heterocycles. The van der Waals surface area contributed by atoms with Crippen LogP contribution in [-0.2, 0) is 0 Å². The van der Waals surface area contributed by atoms with E-state index in [4.69, 9.17) is 5.73 Å². The van der Waals surface area contributed by atoms with E-state index in [-0.39, 0.29) is 18.7 Å².